The SMILES string of the molecule is COC(=O)NCCOCc1cccc(F)c1[C@H]1CCCN(C(=O)NC[C@@H](N)C[C@H]2CCCOC2)C1. The highest BCUT2D eigenvalue weighted by Crippen LogP contribution is 2.32. The Labute approximate surface area is 206 Å². The van der Waals surface area contributed by atoms with Crippen molar-refractivity contribution in [2.45, 2.75) is 50.7 Å². The van der Waals surface area contributed by atoms with Crippen LogP contribution in [0.15, 0.2) is 18.2 Å². The Bertz CT molecular complexity index is 821. The molecule has 2 aliphatic heterocycles. The second-order valence-electron chi connectivity index (χ2n) is 9.33. The van der Waals surface area contributed by atoms with Gasteiger partial charge in [-0.2, -0.15) is 0 Å². The van der Waals surface area contributed by atoms with Crippen LogP contribution < -0.4 is 16.4 Å². The molecule has 3 amide bonds. The molecule has 1 aromatic rings. The van der Waals surface area contributed by atoms with Crippen LogP contribution in [0.2, 0.25) is 0 Å². The molecular formula is C25H39FN4O5. The number of nitrogens with one attached hydrogen (secondary N) is 2. The first-order valence-corrected chi connectivity index (χ1v) is 12.5. The number of alkyl carbamates (subject to hydrolysis) is 1. The zero-order valence-corrected chi connectivity index (χ0v) is 20.6. The first-order valence-electron chi connectivity index (χ1n) is 12.5. The number of urea groups is 1. The maximum Gasteiger partial charge on any atom is 0.406 e. The number of halogens is 1. The van der Waals surface area contributed by atoms with E-state index in [1.807, 2.05) is 6.07 Å². The number of nitrogens with zero attached hydrogens (tertiary/aromatic N) is 1. The molecule has 0 spiro atoms. The number of piperidine rings is 1. The number of rotatable bonds is 10. The molecule has 3 atom stereocenters. The molecule has 3 rings (SSSR count). The lowest BCUT2D eigenvalue weighted by molar-refractivity contribution is 0.0491. The van der Waals surface area contributed by atoms with Gasteiger partial charge in [0.25, 0.3) is 0 Å². The quantitative estimate of drug-likeness (QED) is 0.431. The average Bonchev–Trinajstić information content (AvgIpc) is 2.87. The molecule has 0 saturated carbocycles. The molecule has 0 aliphatic carbocycles. The predicted molar refractivity (Wildman–Crippen MR) is 130 cm³/mol. The molecule has 4 N–H and O–H groups in total. The summed E-state index contributed by atoms with van der Waals surface area (Å²) in [5.74, 6) is 0.0475. The highest BCUT2D eigenvalue weighted by atomic mass is 19.1. The van der Waals surface area contributed by atoms with Crippen molar-refractivity contribution in [3.63, 3.8) is 0 Å². The van der Waals surface area contributed by atoms with Crippen molar-refractivity contribution in [1.29, 1.82) is 0 Å². The maximum atomic E-state index is 14.9. The van der Waals surface area contributed by atoms with E-state index in [4.69, 9.17) is 15.2 Å². The molecule has 196 valence electrons. The molecule has 2 aliphatic rings. The summed E-state index contributed by atoms with van der Waals surface area (Å²) in [7, 11) is 1.30. The number of methoxy groups -OCH3 is 1. The van der Waals surface area contributed by atoms with Crippen LogP contribution in [-0.2, 0) is 20.8 Å². The Morgan fingerprint density at radius 1 is 1.29 bits per heavy atom. The summed E-state index contributed by atoms with van der Waals surface area (Å²) in [6, 6.07) is 4.68. The molecule has 9 nitrogen and oxygen atoms in total. The van der Waals surface area contributed by atoms with Crippen LogP contribution in [0.1, 0.15) is 49.1 Å². The van der Waals surface area contributed by atoms with Crippen LogP contribution in [-0.4, -0.2) is 76.2 Å². The second-order valence-corrected chi connectivity index (χ2v) is 9.33. The van der Waals surface area contributed by atoms with Crippen LogP contribution >= 0.6 is 0 Å². The van der Waals surface area contributed by atoms with Gasteiger partial charge in [0.2, 0.25) is 0 Å². The highest BCUT2D eigenvalue weighted by Gasteiger charge is 2.28. The van der Waals surface area contributed by atoms with Crippen molar-refractivity contribution in [2.75, 3.05) is 53.1 Å². The fourth-order valence-corrected chi connectivity index (χ4v) is 4.88. The third-order valence-corrected chi connectivity index (χ3v) is 6.62. The molecule has 35 heavy (non-hydrogen) atoms. The molecule has 2 fully saturated rings. The van der Waals surface area contributed by atoms with Gasteiger partial charge in [-0.05, 0) is 55.2 Å². The molecule has 0 unspecified atom stereocenters. The molecular weight excluding hydrogens is 455 g/mol. The molecule has 2 heterocycles. The van der Waals surface area contributed by atoms with Gasteiger partial charge in [0.05, 0.1) is 20.3 Å². The summed E-state index contributed by atoms with van der Waals surface area (Å²) in [6.45, 7) is 3.84. The topological polar surface area (TPSA) is 115 Å². The molecule has 10 heteroatoms. The van der Waals surface area contributed by atoms with Crippen LogP contribution in [0.3, 0.4) is 0 Å². The lowest BCUT2D eigenvalue weighted by atomic mass is 9.87. The second kappa shape index (κ2) is 14.2. The molecule has 0 radical (unpaired) electrons. The van der Waals surface area contributed by atoms with Gasteiger partial charge >= 0.3 is 12.1 Å². The van der Waals surface area contributed by atoms with E-state index in [1.165, 1.54) is 13.2 Å². The Morgan fingerprint density at radius 2 is 2.14 bits per heavy atom. The Balaban J connectivity index is 1.50. The van der Waals surface area contributed by atoms with Gasteiger partial charge in [-0.3, -0.25) is 0 Å². The third kappa shape index (κ3) is 8.63. The fraction of sp³-hybridized carbons (Fsp3) is 0.680. The summed E-state index contributed by atoms with van der Waals surface area (Å²) in [4.78, 5) is 25.7. The summed E-state index contributed by atoms with van der Waals surface area (Å²) in [5, 5.41) is 5.51. The average molecular weight is 495 g/mol. The largest absolute Gasteiger partial charge is 0.453 e. The number of benzene rings is 1. The van der Waals surface area contributed by atoms with Crippen molar-refractivity contribution in [2.24, 2.45) is 11.7 Å². The number of ether oxygens (including phenoxy) is 3. The first kappa shape index (κ1) is 27.2. The van der Waals surface area contributed by atoms with Crippen molar-refractivity contribution in [3.05, 3.63) is 35.1 Å². The summed E-state index contributed by atoms with van der Waals surface area (Å²) < 4.78 is 30.6. The number of carbonyl (C=O) groups excluding carboxylic acids is 2. The van der Waals surface area contributed by atoms with Gasteiger partial charge in [-0.25, -0.2) is 14.0 Å². The predicted octanol–water partition coefficient (Wildman–Crippen LogP) is 2.73. The lowest BCUT2D eigenvalue weighted by Gasteiger charge is -2.34. The Kier molecular flexibility index (Phi) is 11.0. The fourth-order valence-electron chi connectivity index (χ4n) is 4.88. The van der Waals surface area contributed by atoms with Gasteiger partial charge in [0.1, 0.15) is 5.82 Å². The Morgan fingerprint density at radius 3 is 2.91 bits per heavy atom. The van der Waals surface area contributed by atoms with E-state index in [1.54, 1.807) is 11.0 Å². The zero-order valence-electron chi connectivity index (χ0n) is 20.6. The number of hydrogen-bond donors (Lipinski definition) is 3. The van der Waals surface area contributed by atoms with E-state index in [2.05, 4.69) is 15.4 Å². The number of carbonyl (C=O) groups is 2. The van der Waals surface area contributed by atoms with Gasteiger partial charge in [-0.15, -0.1) is 0 Å². The first-order chi connectivity index (χ1) is 17.0. The number of likely N-dealkylation sites (tertiary alicyclic amines) is 1. The van der Waals surface area contributed by atoms with E-state index >= 15 is 0 Å². The number of amides is 3. The van der Waals surface area contributed by atoms with Crippen LogP contribution in [0.4, 0.5) is 14.0 Å². The highest BCUT2D eigenvalue weighted by molar-refractivity contribution is 5.74. The van der Waals surface area contributed by atoms with E-state index in [0.29, 0.717) is 37.7 Å². The van der Waals surface area contributed by atoms with Crippen molar-refractivity contribution < 1.29 is 28.2 Å². The van der Waals surface area contributed by atoms with Gasteiger partial charge < -0.3 is 35.5 Å². The van der Waals surface area contributed by atoms with Crippen LogP contribution in [0, 0.1) is 11.7 Å². The monoisotopic (exact) mass is 494 g/mol. The molecule has 1 aromatic carbocycles. The van der Waals surface area contributed by atoms with Crippen molar-refractivity contribution in [1.82, 2.24) is 15.5 Å². The summed E-state index contributed by atoms with van der Waals surface area (Å²) >= 11 is 0. The smallest absolute Gasteiger partial charge is 0.406 e. The zero-order chi connectivity index (χ0) is 25.0. The summed E-state index contributed by atoms with van der Waals surface area (Å²) in [5.41, 5.74) is 7.60. The van der Waals surface area contributed by atoms with Gasteiger partial charge in [0, 0.05) is 51.4 Å². The minimum Gasteiger partial charge on any atom is -0.453 e. The third-order valence-electron chi connectivity index (χ3n) is 6.62. The van der Waals surface area contributed by atoms with Gasteiger partial charge in [0.15, 0.2) is 0 Å². The minimum atomic E-state index is -0.524. The number of hydrogen-bond acceptors (Lipinski definition) is 6. The maximum absolute atomic E-state index is 14.9. The molecule has 0 aromatic heterocycles. The standard InChI is InChI=1S/C25H39FN4O5/c1-33-25(32)28-9-12-35-17-20-6-2-8-22(26)23(20)19-7-3-10-30(15-19)24(31)29-14-21(27)13-18-5-4-11-34-16-18/h2,6,8,18-19,21H,3-5,7,9-17,27H2,1H3,(H,28,32)(H,29,31)/t18-,19+,21+/m1/s1. The Hall–Kier alpha value is -2.43. The van der Waals surface area contributed by atoms with E-state index in [9.17, 15) is 14.0 Å². The normalized spacial score (nSPS) is 21.3. The van der Waals surface area contributed by atoms with Gasteiger partial charge in [-0.1, -0.05) is 12.1 Å². The number of nitrogens with two attached hydrogens (primary N) is 1. The molecule has 2 saturated heterocycles. The minimum absolute atomic E-state index is 0.115. The van der Waals surface area contributed by atoms with Crippen molar-refractivity contribution >= 4 is 12.1 Å². The van der Waals surface area contributed by atoms with E-state index < -0.39 is 6.09 Å². The van der Waals surface area contributed by atoms with E-state index in [-0.39, 0.29) is 37.0 Å². The van der Waals surface area contributed by atoms with Crippen LogP contribution in [0.5, 0.6) is 0 Å². The lowest BCUT2D eigenvalue weighted by Crippen LogP contribution is -2.48. The van der Waals surface area contributed by atoms with Crippen molar-refractivity contribution in [3.8, 4) is 0 Å². The summed E-state index contributed by atoms with van der Waals surface area (Å²) in [6.07, 6.45) is 4.07. The van der Waals surface area contributed by atoms with E-state index in [0.717, 1.165) is 50.9 Å². The molecule has 0 bridgehead atoms. The van der Waals surface area contributed by atoms with Crippen LogP contribution in [0.25, 0.3) is 0 Å².